The topological polar surface area (TPSA) is 54.6 Å². The van der Waals surface area contributed by atoms with Gasteiger partial charge in [0.05, 0.1) is 0 Å². The molecule has 1 fully saturated rings. The van der Waals surface area contributed by atoms with Gasteiger partial charge in [-0.1, -0.05) is 30.3 Å². The smallest absolute Gasteiger partial charge is 0.231 e. The number of rotatable bonds is 4. The Kier molecular flexibility index (Phi) is 4.00. The molecule has 5 nitrogen and oxygen atoms in total. The van der Waals surface area contributed by atoms with Crippen molar-refractivity contribution in [2.75, 3.05) is 19.9 Å². The van der Waals surface area contributed by atoms with Crippen LogP contribution < -0.4 is 9.47 Å². The maximum absolute atomic E-state index is 13.0. The Morgan fingerprint density at radius 2 is 1.89 bits per heavy atom. The average molecular weight is 362 g/mol. The fourth-order valence-electron chi connectivity index (χ4n) is 4.27. The summed E-state index contributed by atoms with van der Waals surface area (Å²) in [6, 6.07) is 14.2. The molecule has 1 saturated heterocycles. The lowest BCUT2D eigenvalue weighted by molar-refractivity contribution is -0.130. The molecule has 2 aromatic carbocycles. The molecule has 3 heterocycles. The summed E-state index contributed by atoms with van der Waals surface area (Å²) >= 11 is 0. The highest BCUT2D eigenvalue weighted by atomic mass is 16.7. The minimum atomic E-state index is -0.0779. The molecule has 1 aromatic heterocycles. The van der Waals surface area contributed by atoms with Crippen LogP contribution in [0.3, 0.4) is 0 Å². The van der Waals surface area contributed by atoms with Crippen molar-refractivity contribution in [3.05, 3.63) is 59.8 Å². The van der Waals surface area contributed by atoms with E-state index in [0.717, 1.165) is 59.5 Å². The van der Waals surface area contributed by atoms with Crippen molar-refractivity contribution in [1.82, 2.24) is 9.88 Å². The predicted molar refractivity (Wildman–Crippen MR) is 103 cm³/mol. The van der Waals surface area contributed by atoms with Crippen molar-refractivity contribution in [2.45, 2.75) is 25.2 Å². The Morgan fingerprint density at radius 3 is 2.78 bits per heavy atom. The number of hydrogen-bond acceptors (Lipinski definition) is 3. The van der Waals surface area contributed by atoms with E-state index in [0.29, 0.717) is 6.42 Å². The van der Waals surface area contributed by atoms with Crippen LogP contribution in [0.15, 0.2) is 48.7 Å². The zero-order chi connectivity index (χ0) is 18.2. The average Bonchev–Trinajstić information content (AvgIpc) is 3.46. The molecule has 0 saturated carbocycles. The minimum absolute atomic E-state index is 0.0779. The van der Waals surface area contributed by atoms with Crippen LogP contribution in [0.4, 0.5) is 0 Å². The van der Waals surface area contributed by atoms with E-state index in [1.165, 1.54) is 0 Å². The van der Waals surface area contributed by atoms with E-state index in [2.05, 4.69) is 23.2 Å². The number of amides is 1. The molecular weight excluding hydrogens is 340 g/mol. The number of ether oxygens (including phenoxy) is 2. The van der Waals surface area contributed by atoms with Crippen LogP contribution in [0.5, 0.6) is 11.5 Å². The number of benzene rings is 2. The van der Waals surface area contributed by atoms with E-state index >= 15 is 0 Å². The highest BCUT2D eigenvalue weighted by molar-refractivity contribution is 5.86. The summed E-state index contributed by atoms with van der Waals surface area (Å²) in [4.78, 5) is 18.3. The van der Waals surface area contributed by atoms with Crippen molar-refractivity contribution in [3.8, 4) is 11.5 Å². The van der Waals surface area contributed by atoms with E-state index in [4.69, 9.17) is 9.47 Å². The van der Waals surface area contributed by atoms with Crippen molar-refractivity contribution in [2.24, 2.45) is 0 Å². The summed E-state index contributed by atoms with van der Waals surface area (Å²) in [5.41, 5.74) is 3.22. The molecule has 1 amide bonds. The van der Waals surface area contributed by atoms with Gasteiger partial charge in [-0.05, 0) is 30.5 Å². The number of H-pyrrole nitrogens is 1. The summed E-state index contributed by atoms with van der Waals surface area (Å²) in [7, 11) is 0. The number of aromatic amines is 1. The number of fused-ring (bicyclic) bond motifs is 2. The first-order valence-corrected chi connectivity index (χ1v) is 9.53. The Bertz CT molecular complexity index is 988. The van der Waals surface area contributed by atoms with Gasteiger partial charge in [-0.2, -0.15) is 0 Å². The van der Waals surface area contributed by atoms with Gasteiger partial charge in [0.15, 0.2) is 11.5 Å². The maximum Gasteiger partial charge on any atom is 0.231 e. The number of nitrogens with one attached hydrogen (secondary N) is 1. The highest BCUT2D eigenvalue weighted by Gasteiger charge is 2.30. The molecule has 0 spiro atoms. The quantitative estimate of drug-likeness (QED) is 0.762. The lowest BCUT2D eigenvalue weighted by Crippen LogP contribution is -2.29. The molecule has 0 unspecified atom stereocenters. The van der Waals surface area contributed by atoms with Gasteiger partial charge >= 0.3 is 0 Å². The summed E-state index contributed by atoms with van der Waals surface area (Å²) < 4.78 is 11.3. The standard InChI is InChI=1S/C22H22N2O3/c25-21(24-10-3-4-11-24)12-17(16-7-5-9-20-22(16)27-14-26-20)18-13-23-19-8-2-1-6-15(18)19/h1-2,5-9,13,17,23H,3-4,10-12,14H2/t17-/m1/s1. The van der Waals surface area contributed by atoms with Crippen molar-refractivity contribution in [1.29, 1.82) is 0 Å². The Labute approximate surface area is 157 Å². The number of hydrogen-bond donors (Lipinski definition) is 1. The lowest BCUT2D eigenvalue weighted by Gasteiger charge is -2.22. The zero-order valence-corrected chi connectivity index (χ0v) is 15.1. The summed E-state index contributed by atoms with van der Waals surface area (Å²) in [5.74, 6) is 1.65. The van der Waals surface area contributed by atoms with Gasteiger partial charge in [-0.3, -0.25) is 4.79 Å². The maximum atomic E-state index is 13.0. The Morgan fingerprint density at radius 1 is 1.04 bits per heavy atom. The lowest BCUT2D eigenvalue weighted by atomic mass is 9.87. The summed E-state index contributed by atoms with van der Waals surface area (Å²) in [6.07, 6.45) is 4.66. The number of aromatic nitrogens is 1. The molecule has 27 heavy (non-hydrogen) atoms. The van der Waals surface area contributed by atoms with Crippen molar-refractivity contribution < 1.29 is 14.3 Å². The minimum Gasteiger partial charge on any atom is -0.454 e. The third kappa shape index (κ3) is 2.83. The molecule has 0 bridgehead atoms. The fraction of sp³-hybridized carbons (Fsp3) is 0.318. The van der Waals surface area contributed by atoms with Gasteiger partial charge < -0.3 is 19.4 Å². The van der Waals surface area contributed by atoms with Gasteiger partial charge in [0.2, 0.25) is 12.7 Å². The third-order valence-corrected chi connectivity index (χ3v) is 5.64. The van der Waals surface area contributed by atoms with Crippen LogP contribution in [0, 0.1) is 0 Å². The molecule has 1 atom stereocenters. The first-order chi connectivity index (χ1) is 13.3. The Balaban J connectivity index is 1.59. The Hall–Kier alpha value is -2.95. The molecule has 0 aliphatic carbocycles. The van der Waals surface area contributed by atoms with Gasteiger partial charge in [-0.25, -0.2) is 0 Å². The first kappa shape index (κ1) is 16.2. The summed E-state index contributed by atoms with van der Waals surface area (Å²) in [5, 5.41) is 1.15. The second kappa shape index (κ2) is 6.65. The molecule has 0 radical (unpaired) electrons. The number of likely N-dealkylation sites (tertiary alicyclic amines) is 1. The molecule has 3 aromatic rings. The van der Waals surface area contributed by atoms with E-state index in [1.54, 1.807) is 0 Å². The first-order valence-electron chi connectivity index (χ1n) is 9.53. The fourth-order valence-corrected chi connectivity index (χ4v) is 4.27. The van der Waals surface area contributed by atoms with Crippen LogP contribution in [0.1, 0.15) is 36.3 Å². The van der Waals surface area contributed by atoms with Crippen LogP contribution in [0.2, 0.25) is 0 Å². The van der Waals surface area contributed by atoms with Crippen LogP contribution >= 0.6 is 0 Å². The number of nitrogens with zero attached hydrogens (tertiary/aromatic N) is 1. The normalized spacial score (nSPS) is 16.8. The van der Waals surface area contributed by atoms with Crippen LogP contribution in [-0.4, -0.2) is 35.7 Å². The second-order valence-electron chi connectivity index (χ2n) is 7.22. The van der Waals surface area contributed by atoms with Gasteiger partial charge in [-0.15, -0.1) is 0 Å². The molecule has 138 valence electrons. The monoisotopic (exact) mass is 362 g/mol. The SMILES string of the molecule is O=C(C[C@H](c1cccc2c1OCO2)c1c[nH]c2ccccc12)N1CCCC1. The third-order valence-electron chi connectivity index (χ3n) is 5.64. The zero-order valence-electron chi connectivity index (χ0n) is 15.1. The molecule has 2 aliphatic heterocycles. The second-order valence-corrected chi connectivity index (χ2v) is 7.22. The van der Waals surface area contributed by atoms with Crippen molar-refractivity contribution in [3.63, 3.8) is 0 Å². The largest absolute Gasteiger partial charge is 0.454 e. The van der Waals surface area contributed by atoms with Gasteiger partial charge in [0.25, 0.3) is 0 Å². The van der Waals surface area contributed by atoms with Crippen LogP contribution in [-0.2, 0) is 4.79 Å². The molecule has 5 rings (SSSR count). The van der Waals surface area contributed by atoms with E-state index in [1.807, 2.05) is 35.4 Å². The van der Waals surface area contributed by atoms with Gasteiger partial charge in [0, 0.05) is 48.1 Å². The number of carbonyl (C=O) groups excluding carboxylic acids is 1. The van der Waals surface area contributed by atoms with E-state index < -0.39 is 0 Å². The van der Waals surface area contributed by atoms with Crippen LogP contribution in [0.25, 0.3) is 10.9 Å². The van der Waals surface area contributed by atoms with E-state index in [-0.39, 0.29) is 18.6 Å². The predicted octanol–water partition coefficient (Wildman–Crippen LogP) is 4.04. The summed E-state index contributed by atoms with van der Waals surface area (Å²) in [6.45, 7) is 1.96. The highest BCUT2D eigenvalue weighted by Crippen LogP contribution is 2.44. The van der Waals surface area contributed by atoms with E-state index in [9.17, 15) is 4.79 Å². The molecular formula is C22H22N2O3. The van der Waals surface area contributed by atoms with Crippen molar-refractivity contribution >= 4 is 16.8 Å². The molecule has 1 N–H and O–H groups in total. The molecule has 5 heteroatoms. The van der Waals surface area contributed by atoms with Gasteiger partial charge in [0.1, 0.15) is 0 Å². The number of para-hydroxylation sites is 2. The molecule has 2 aliphatic rings. The number of carbonyl (C=O) groups is 1.